The Kier molecular flexibility index (Phi) is 14.2. The molecule has 0 aromatic heterocycles. The summed E-state index contributed by atoms with van der Waals surface area (Å²) >= 11 is 0. The van der Waals surface area contributed by atoms with Crippen LogP contribution in [0.1, 0.15) is 50.5 Å². The van der Waals surface area contributed by atoms with Crippen molar-refractivity contribution in [3.05, 3.63) is 35.9 Å². The minimum absolute atomic E-state index is 0. The first-order valence-corrected chi connectivity index (χ1v) is 8.73. The number of hydrogen-bond acceptors (Lipinski definition) is 3. The van der Waals surface area contributed by atoms with Crippen LogP contribution >= 0.6 is 24.0 Å². The van der Waals surface area contributed by atoms with E-state index in [1.54, 1.807) is 7.05 Å². The number of esters is 1. The van der Waals surface area contributed by atoms with E-state index >= 15 is 0 Å². The predicted octanol–water partition coefficient (Wildman–Crippen LogP) is 3.70. The zero-order chi connectivity index (χ0) is 17.6. The highest BCUT2D eigenvalue weighted by Gasteiger charge is 2.06. The van der Waals surface area contributed by atoms with Crippen LogP contribution in [0.2, 0.25) is 0 Å². The molecule has 0 fully saturated rings. The largest absolute Gasteiger partial charge is 0.469 e. The lowest BCUT2D eigenvalue weighted by molar-refractivity contribution is -0.140. The van der Waals surface area contributed by atoms with Crippen molar-refractivity contribution in [1.29, 1.82) is 0 Å². The first-order valence-electron chi connectivity index (χ1n) is 8.73. The summed E-state index contributed by atoms with van der Waals surface area (Å²) in [7, 11) is 3.22. The number of unbranched alkanes of at least 4 members (excludes halogenated alkanes) is 3. The molecular formula is C19H32IN3O2. The summed E-state index contributed by atoms with van der Waals surface area (Å²) in [6, 6.07) is 10.5. The minimum Gasteiger partial charge on any atom is -0.469 e. The second-order valence-corrected chi connectivity index (χ2v) is 5.93. The van der Waals surface area contributed by atoms with Gasteiger partial charge in [-0.2, -0.15) is 0 Å². The number of nitrogens with zero attached hydrogens (tertiary/aromatic N) is 1. The monoisotopic (exact) mass is 461 g/mol. The van der Waals surface area contributed by atoms with Gasteiger partial charge in [-0.25, -0.2) is 0 Å². The number of carbonyl (C=O) groups is 1. The van der Waals surface area contributed by atoms with E-state index in [1.165, 1.54) is 12.7 Å². The van der Waals surface area contributed by atoms with Crippen LogP contribution in [0.25, 0.3) is 0 Å². The van der Waals surface area contributed by atoms with Gasteiger partial charge in [-0.1, -0.05) is 50.1 Å². The molecule has 0 aliphatic rings. The number of carbonyl (C=O) groups excluding carboxylic acids is 1. The molecule has 0 saturated carbocycles. The number of halogens is 1. The molecule has 0 saturated heterocycles. The van der Waals surface area contributed by atoms with Crippen LogP contribution < -0.4 is 10.6 Å². The summed E-state index contributed by atoms with van der Waals surface area (Å²) in [4.78, 5) is 15.3. The van der Waals surface area contributed by atoms with Gasteiger partial charge in [0.15, 0.2) is 5.96 Å². The van der Waals surface area contributed by atoms with Crippen molar-refractivity contribution in [3.63, 3.8) is 0 Å². The summed E-state index contributed by atoms with van der Waals surface area (Å²) in [6.07, 6.45) is 4.63. The average Bonchev–Trinajstić information content (AvgIpc) is 2.63. The molecule has 0 bridgehead atoms. The third-order valence-electron chi connectivity index (χ3n) is 4.00. The van der Waals surface area contributed by atoms with Crippen molar-refractivity contribution < 1.29 is 9.53 Å². The number of hydrogen-bond donors (Lipinski definition) is 2. The van der Waals surface area contributed by atoms with Gasteiger partial charge in [0.2, 0.25) is 0 Å². The minimum atomic E-state index is -0.120. The summed E-state index contributed by atoms with van der Waals surface area (Å²) in [5.74, 6) is 1.15. The zero-order valence-electron chi connectivity index (χ0n) is 15.6. The smallest absolute Gasteiger partial charge is 0.305 e. The van der Waals surface area contributed by atoms with Gasteiger partial charge in [-0.05, 0) is 24.3 Å². The fourth-order valence-corrected chi connectivity index (χ4v) is 2.43. The zero-order valence-corrected chi connectivity index (χ0v) is 17.9. The van der Waals surface area contributed by atoms with E-state index in [1.807, 2.05) is 6.07 Å². The fourth-order valence-electron chi connectivity index (χ4n) is 2.43. The normalized spacial score (nSPS) is 12.0. The Bertz CT molecular complexity index is 495. The molecule has 0 aliphatic carbocycles. The maximum Gasteiger partial charge on any atom is 0.305 e. The van der Waals surface area contributed by atoms with Crippen LogP contribution in [0, 0.1) is 0 Å². The van der Waals surface area contributed by atoms with Gasteiger partial charge < -0.3 is 15.4 Å². The molecule has 0 amide bonds. The third kappa shape index (κ3) is 11.0. The highest BCUT2D eigenvalue weighted by atomic mass is 127. The van der Waals surface area contributed by atoms with Gasteiger partial charge in [0.1, 0.15) is 0 Å². The van der Waals surface area contributed by atoms with Crippen LogP contribution in [0.5, 0.6) is 0 Å². The molecule has 142 valence electrons. The lowest BCUT2D eigenvalue weighted by Gasteiger charge is -2.16. The van der Waals surface area contributed by atoms with E-state index in [9.17, 15) is 4.79 Å². The topological polar surface area (TPSA) is 62.7 Å². The molecule has 25 heavy (non-hydrogen) atoms. The lowest BCUT2D eigenvalue weighted by Crippen LogP contribution is -2.39. The molecule has 1 atom stereocenters. The van der Waals surface area contributed by atoms with Crippen LogP contribution in [-0.2, 0) is 9.53 Å². The quantitative estimate of drug-likeness (QED) is 0.183. The molecular weight excluding hydrogens is 429 g/mol. The molecule has 0 spiro atoms. The van der Waals surface area contributed by atoms with Crippen LogP contribution in [0.3, 0.4) is 0 Å². The Labute approximate surface area is 169 Å². The van der Waals surface area contributed by atoms with E-state index < -0.39 is 0 Å². The van der Waals surface area contributed by atoms with Gasteiger partial charge in [-0.3, -0.25) is 9.79 Å². The summed E-state index contributed by atoms with van der Waals surface area (Å²) in [5.41, 5.74) is 1.33. The van der Waals surface area contributed by atoms with E-state index in [4.69, 9.17) is 0 Å². The average molecular weight is 461 g/mol. The number of aliphatic imine (C=N–C) groups is 1. The maximum absolute atomic E-state index is 11.0. The van der Waals surface area contributed by atoms with Crippen LogP contribution in [0.4, 0.5) is 0 Å². The van der Waals surface area contributed by atoms with Crippen molar-refractivity contribution in [2.45, 2.75) is 44.9 Å². The molecule has 0 aliphatic heterocycles. The van der Waals surface area contributed by atoms with Gasteiger partial charge in [0, 0.05) is 26.6 Å². The van der Waals surface area contributed by atoms with Crippen LogP contribution in [0.15, 0.2) is 35.3 Å². The highest BCUT2D eigenvalue weighted by molar-refractivity contribution is 14.0. The van der Waals surface area contributed by atoms with Crippen molar-refractivity contribution in [2.75, 3.05) is 27.2 Å². The number of guanidine groups is 1. The van der Waals surface area contributed by atoms with Crippen molar-refractivity contribution >= 4 is 35.9 Å². The first kappa shape index (κ1) is 23.7. The van der Waals surface area contributed by atoms with E-state index in [2.05, 4.69) is 51.6 Å². The molecule has 1 rings (SSSR count). The van der Waals surface area contributed by atoms with Gasteiger partial charge in [0.05, 0.1) is 7.11 Å². The summed E-state index contributed by atoms with van der Waals surface area (Å²) in [5, 5.41) is 6.70. The molecule has 0 radical (unpaired) electrons. The number of methoxy groups -OCH3 is 1. The molecule has 5 nitrogen and oxygen atoms in total. The van der Waals surface area contributed by atoms with Crippen LogP contribution in [-0.4, -0.2) is 39.2 Å². The standard InChI is InChI=1S/C19H31N3O2.HI/c1-16(17-11-7-6-8-12-17)15-22-19(20-2)21-14-10-5-4-9-13-18(23)24-3;/h6-8,11-12,16H,4-5,9-10,13-15H2,1-3H3,(H2,20,21,22);1H. The van der Waals surface area contributed by atoms with E-state index in [0.717, 1.165) is 44.7 Å². The Morgan fingerprint density at radius 2 is 1.80 bits per heavy atom. The van der Waals surface area contributed by atoms with E-state index in [-0.39, 0.29) is 29.9 Å². The molecule has 1 aromatic rings. The fraction of sp³-hybridized carbons (Fsp3) is 0.579. The maximum atomic E-state index is 11.0. The Morgan fingerprint density at radius 3 is 2.44 bits per heavy atom. The Balaban J connectivity index is 0.00000576. The molecule has 6 heteroatoms. The highest BCUT2D eigenvalue weighted by Crippen LogP contribution is 2.12. The number of nitrogens with one attached hydrogen (secondary N) is 2. The third-order valence-corrected chi connectivity index (χ3v) is 4.00. The summed E-state index contributed by atoms with van der Waals surface area (Å²) in [6.45, 7) is 3.94. The van der Waals surface area contributed by atoms with Gasteiger partial charge in [0.25, 0.3) is 0 Å². The second kappa shape index (κ2) is 15.0. The molecule has 0 heterocycles. The predicted molar refractivity (Wildman–Crippen MR) is 115 cm³/mol. The van der Waals surface area contributed by atoms with Gasteiger partial charge in [-0.15, -0.1) is 24.0 Å². The lowest BCUT2D eigenvalue weighted by atomic mass is 10.0. The van der Waals surface area contributed by atoms with Crippen molar-refractivity contribution in [1.82, 2.24) is 10.6 Å². The first-order chi connectivity index (χ1) is 11.7. The Morgan fingerprint density at radius 1 is 1.12 bits per heavy atom. The molecule has 2 N–H and O–H groups in total. The number of benzene rings is 1. The SMILES string of the molecule is CN=C(NCCCCCCC(=O)OC)NCC(C)c1ccccc1.I. The van der Waals surface area contributed by atoms with Gasteiger partial charge >= 0.3 is 5.97 Å². The van der Waals surface area contributed by atoms with E-state index in [0.29, 0.717) is 12.3 Å². The summed E-state index contributed by atoms with van der Waals surface area (Å²) < 4.78 is 4.63. The Hall–Kier alpha value is -1.31. The molecule has 1 aromatic carbocycles. The number of ether oxygens (including phenoxy) is 1. The number of rotatable bonds is 10. The second-order valence-electron chi connectivity index (χ2n) is 5.93. The van der Waals surface area contributed by atoms with Crippen molar-refractivity contribution in [3.8, 4) is 0 Å². The molecule has 1 unspecified atom stereocenters. The van der Waals surface area contributed by atoms with Crippen molar-refractivity contribution in [2.24, 2.45) is 4.99 Å².